The van der Waals surface area contributed by atoms with Crippen LogP contribution in [-0.4, -0.2) is 67.3 Å². The van der Waals surface area contributed by atoms with Crippen LogP contribution in [0.15, 0.2) is 40.5 Å². The molecule has 1 aromatic rings. The Morgan fingerprint density at radius 1 is 1.50 bits per heavy atom. The van der Waals surface area contributed by atoms with Crippen LogP contribution in [0.5, 0.6) is 0 Å². The van der Waals surface area contributed by atoms with Crippen molar-refractivity contribution in [3.05, 3.63) is 36.8 Å². The minimum atomic E-state index is -0.217. The zero-order valence-corrected chi connectivity index (χ0v) is 17.5. The van der Waals surface area contributed by atoms with E-state index >= 15 is 0 Å². The van der Waals surface area contributed by atoms with Crippen molar-refractivity contribution in [1.29, 1.82) is 0 Å². The number of likely N-dealkylation sites (tertiary alicyclic amines) is 1. The first-order chi connectivity index (χ1) is 13.7. The van der Waals surface area contributed by atoms with Crippen molar-refractivity contribution in [3.8, 4) is 0 Å². The molecule has 1 aliphatic rings. The number of nitrogens with zero attached hydrogens (tertiary/aromatic N) is 2. The molecule has 0 aromatic carbocycles. The molecule has 0 radical (unpaired) electrons. The molecule has 0 bridgehead atoms. The van der Waals surface area contributed by atoms with Crippen molar-refractivity contribution in [2.24, 2.45) is 4.99 Å². The van der Waals surface area contributed by atoms with Crippen molar-refractivity contribution in [2.75, 3.05) is 44.3 Å². The van der Waals surface area contributed by atoms with E-state index < -0.39 is 0 Å². The molecule has 1 aromatic heterocycles. The van der Waals surface area contributed by atoms with E-state index in [0.717, 1.165) is 55.6 Å². The van der Waals surface area contributed by atoms with Crippen molar-refractivity contribution in [3.63, 3.8) is 0 Å². The Hall–Kier alpha value is -2.09. The van der Waals surface area contributed by atoms with Gasteiger partial charge in [-0.05, 0) is 31.9 Å². The summed E-state index contributed by atoms with van der Waals surface area (Å²) in [5.41, 5.74) is 0. The Morgan fingerprint density at radius 3 is 3.00 bits per heavy atom. The lowest BCUT2D eigenvalue weighted by molar-refractivity contribution is 0.0963. The van der Waals surface area contributed by atoms with E-state index in [1.54, 1.807) is 11.2 Å². The number of guanidine groups is 1. The molecule has 7 nitrogen and oxygen atoms in total. The highest BCUT2D eigenvalue weighted by molar-refractivity contribution is 7.99. The fraction of sp³-hybridized carbons (Fsp3) is 0.600. The normalized spacial score (nSPS) is 15.3. The van der Waals surface area contributed by atoms with Crippen LogP contribution in [0.4, 0.5) is 4.79 Å². The summed E-state index contributed by atoms with van der Waals surface area (Å²) in [5.74, 6) is 3.67. The number of hydrogen-bond acceptors (Lipinski definition) is 5. The third-order valence-electron chi connectivity index (χ3n) is 4.35. The zero-order valence-electron chi connectivity index (χ0n) is 16.7. The standard InChI is InChI=1S/C20H32N4O3S/c1-3-15-28-16-11-22-19(21-10-7-18-6-5-14-27-18)23-17-8-12-24(13-9-17)20(25)26-4-2/h3,5-6,14,17H,1,4,7-13,15-16H2,2H3,(H2,21,22,23). The first kappa shape index (κ1) is 22.2. The van der Waals surface area contributed by atoms with Crippen LogP contribution in [0.3, 0.4) is 0 Å². The molecule has 1 saturated heterocycles. The summed E-state index contributed by atoms with van der Waals surface area (Å²) < 4.78 is 10.5. The van der Waals surface area contributed by atoms with Gasteiger partial charge in [0.05, 0.1) is 19.4 Å². The molecule has 8 heteroatoms. The molecule has 28 heavy (non-hydrogen) atoms. The molecule has 0 atom stereocenters. The second-order valence-corrected chi connectivity index (χ2v) is 7.60. The van der Waals surface area contributed by atoms with Gasteiger partial charge in [0.1, 0.15) is 5.76 Å². The Kier molecular flexibility index (Phi) is 10.4. The predicted molar refractivity (Wildman–Crippen MR) is 115 cm³/mol. The molecule has 156 valence electrons. The average Bonchev–Trinajstić information content (AvgIpc) is 3.22. The minimum Gasteiger partial charge on any atom is -0.469 e. The van der Waals surface area contributed by atoms with Gasteiger partial charge >= 0.3 is 6.09 Å². The lowest BCUT2D eigenvalue weighted by Crippen LogP contribution is -2.50. The summed E-state index contributed by atoms with van der Waals surface area (Å²) >= 11 is 1.82. The number of rotatable bonds is 10. The number of piperidine rings is 1. The zero-order chi connectivity index (χ0) is 20.0. The molecule has 0 saturated carbocycles. The summed E-state index contributed by atoms with van der Waals surface area (Å²) in [4.78, 5) is 18.3. The van der Waals surface area contributed by atoms with Gasteiger partial charge in [-0.2, -0.15) is 11.8 Å². The minimum absolute atomic E-state index is 0.217. The molecule has 0 spiro atoms. The molecule has 0 unspecified atom stereocenters. The summed E-state index contributed by atoms with van der Waals surface area (Å²) in [6.07, 6.45) is 5.94. The number of amides is 1. The number of nitrogens with one attached hydrogen (secondary N) is 2. The van der Waals surface area contributed by atoms with Crippen LogP contribution < -0.4 is 10.6 Å². The van der Waals surface area contributed by atoms with Crippen molar-refractivity contribution >= 4 is 23.8 Å². The van der Waals surface area contributed by atoms with Gasteiger partial charge in [-0.3, -0.25) is 4.99 Å². The highest BCUT2D eigenvalue weighted by Gasteiger charge is 2.24. The maximum Gasteiger partial charge on any atom is 0.409 e. The van der Waals surface area contributed by atoms with E-state index in [1.165, 1.54) is 0 Å². The predicted octanol–water partition coefficient (Wildman–Crippen LogP) is 2.90. The van der Waals surface area contributed by atoms with E-state index in [-0.39, 0.29) is 6.09 Å². The van der Waals surface area contributed by atoms with E-state index in [1.807, 2.05) is 36.9 Å². The smallest absolute Gasteiger partial charge is 0.409 e. The Morgan fingerprint density at radius 2 is 2.32 bits per heavy atom. The average molecular weight is 409 g/mol. The molecule has 2 rings (SSSR count). The van der Waals surface area contributed by atoms with Crippen molar-refractivity contribution < 1.29 is 13.9 Å². The topological polar surface area (TPSA) is 79.1 Å². The molecular formula is C20H32N4O3S. The van der Waals surface area contributed by atoms with Gasteiger partial charge in [-0.15, -0.1) is 6.58 Å². The monoisotopic (exact) mass is 408 g/mol. The van der Waals surface area contributed by atoms with E-state index in [4.69, 9.17) is 14.1 Å². The van der Waals surface area contributed by atoms with Gasteiger partial charge in [0.15, 0.2) is 5.96 Å². The lowest BCUT2D eigenvalue weighted by Gasteiger charge is -2.32. The van der Waals surface area contributed by atoms with Crippen molar-refractivity contribution in [2.45, 2.75) is 32.2 Å². The van der Waals surface area contributed by atoms with Gasteiger partial charge in [0, 0.05) is 43.6 Å². The number of carbonyl (C=O) groups is 1. The van der Waals surface area contributed by atoms with Gasteiger partial charge in [-0.25, -0.2) is 4.79 Å². The molecule has 1 fully saturated rings. The van der Waals surface area contributed by atoms with Crippen LogP contribution in [0.25, 0.3) is 0 Å². The third kappa shape index (κ3) is 8.29. The molecular weight excluding hydrogens is 376 g/mol. The molecule has 0 aliphatic carbocycles. The largest absolute Gasteiger partial charge is 0.469 e. The van der Waals surface area contributed by atoms with Crippen LogP contribution >= 0.6 is 11.8 Å². The lowest BCUT2D eigenvalue weighted by atomic mass is 10.1. The fourth-order valence-electron chi connectivity index (χ4n) is 2.91. The van der Waals surface area contributed by atoms with E-state index in [0.29, 0.717) is 25.7 Å². The molecule has 1 aliphatic heterocycles. The molecule has 2 N–H and O–H groups in total. The van der Waals surface area contributed by atoms with E-state index in [9.17, 15) is 4.79 Å². The quantitative estimate of drug-likeness (QED) is 0.268. The van der Waals surface area contributed by atoms with Gasteiger partial charge in [0.25, 0.3) is 0 Å². The van der Waals surface area contributed by atoms with Gasteiger partial charge < -0.3 is 24.7 Å². The fourth-order valence-corrected chi connectivity index (χ4v) is 3.47. The SMILES string of the molecule is C=CCSCCN=C(NCCc1ccco1)NC1CCN(C(=O)OCC)CC1. The molecule has 2 heterocycles. The highest BCUT2D eigenvalue weighted by Crippen LogP contribution is 2.11. The van der Waals surface area contributed by atoms with Crippen LogP contribution in [0.2, 0.25) is 0 Å². The summed E-state index contributed by atoms with van der Waals surface area (Å²) in [6.45, 7) is 8.88. The van der Waals surface area contributed by atoms with Crippen LogP contribution in [0, 0.1) is 0 Å². The number of hydrogen-bond donors (Lipinski definition) is 2. The second kappa shape index (κ2) is 13.1. The summed E-state index contributed by atoms with van der Waals surface area (Å²) in [5, 5.41) is 6.91. The number of ether oxygens (including phenoxy) is 1. The van der Waals surface area contributed by atoms with Crippen LogP contribution in [0.1, 0.15) is 25.5 Å². The Balaban J connectivity index is 1.79. The number of aliphatic imine (C=N–C) groups is 1. The maximum atomic E-state index is 11.8. The third-order valence-corrected chi connectivity index (χ3v) is 5.29. The van der Waals surface area contributed by atoms with Crippen LogP contribution in [-0.2, 0) is 11.2 Å². The molecule has 1 amide bonds. The Bertz CT molecular complexity index is 599. The number of carbonyl (C=O) groups excluding carboxylic acids is 1. The van der Waals surface area contributed by atoms with Crippen molar-refractivity contribution in [1.82, 2.24) is 15.5 Å². The highest BCUT2D eigenvalue weighted by atomic mass is 32.2. The summed E-state index contributed by atoms with van der Waals surface area (Å²) in [6, 6.07) is 4.17. The summed E-state index contributed by atoms with van der Waals surface area (Å²) in [7, 11) is 0. The maximum absolute atomic E-state index is 11.8. The van der Waals surface area contributed by atoms with Gasteiger partial charge in [-0.1, -0.05) is 6.08 Å². The second-order valence-electron chi connectivity index (χ2n) is 6.45. The van der Waals surface area contributed by atoms with E-state index in [2.05, 4.69) is 17.2 Å². The Labute approximate surface area is 172 Å². The first-order valence-electron chi connectivity index (χ1n) is 9.90. The number of thioether (sulfide) groups is 1. The number of furan rings is 1. The first-order valence-corrected chi connectivity index (χ1v) is 11.1. The van der Waals surface area contributed by atoms with Gasteiger partial charge in [0.2, 0.25) is 0 Å².